The quantitative estimate of drug-likeness (QED) is 0.222. The predicted octanol–water partition coefficient (Wildman–Crippen LogP) is 10.3. The van der Waals surface area contributed by atoms with Crippen molar-refractivity contribution < 1.29 is 0 Å². The fourth-order valence-corrected chi connectivity index (χ4v) is 4.68. The third kappa shape index (κ3) is 5.71. The molecule has 0 aliphatic rings. The Hall–Kier alpha value is -4.56. The molecule has 2 nitrogen and oxygen atoms in total. The summed E-state index contributed by atoms with van der Waals surface area (Å²) < 4.78 is 0. The Morgan fingerprint density at radius 2 is 0.921 bits per heavy atom. The van der Waals surface area contributed by atoms with Crippen molar-refractivity contribution in [2.24, 2.45) is 0 Å². The minimum Gasteiger partial charge on any atom is -0.345 e. The van der Waals surface area contributed by atoms with Gasteiger partial charge >= 0.3 is 0 Å². The molecule has 0 radical (unpaired) electrons. The topological polar surface area (TPSA) is 6.48 Å². The summed E-state index contributed by atoms with van der Waals surface area (Å²) in [6.07, 6.45) is 2.20. The summed E-state index contributed by atoms with van der Waals surface area (Å²) in [7, 11) is 2.11. The van der Waals surface area contributed by atoms with Crippen LogP contribution in [0.4, 0.5) is 28.4 Å². The van der Waals surface area contributed by atoms with Gasteiger partial charge < -0.3 is 9.80 Å². The zero-order valence-electron chi connectivity index (χ0n) is 22.6. The van der Waals surface area contributed by atoms with Crippen LogP contribution in [0.2, 0.25) is 0 Å². The summed E-state index contributed by atoms with van der Waals surface area (Å²) in [5.74, 6) is 0. The number of hydrogen-bond donors (Lipinski definition) is 0. The second-order valence-corrected chi connectivity index (χ2v) is 9.97. The van der Waals surface area contributed by atoms with Crippen molar-refractivity contribution in [3.63, 3.8) is 0 Å². The largest absolute Gasteiger partial charge is 0.345 e. The summed E-state index contributed by atoms with van der Waals surface area (Å²) in [6, 6.07) is 45.5. The highest BCUT2D eigenvalue weighted by Gasteiger charge is 2.12. The molecule has 5 aromatic carbocycles. The molecule has 0 aliphatic heterocycles. The Labute approximate surface area is 227 Å². The first-order chi connectivity index (χ1) is 18.5. The third-order valence-corrected chi connectivity index (χ3v) is 6.76. The minimum atomic E-state index is 1.14. The molecular weight excluding hydrogens is 460 g/mol. The van der Waals surface area contributed by atoms with E-state index in [4.69, 9.17) is 0 Å². The van der Waals surface area contributed by atoms with Crippen molar-refractivity contribution in [2.45, 2.75) is 20.8 Å². The van der Waals surface area contributed by atoms with E-state index in [1.807, 2.05) is 0 Å². The van der Waals surface area contributed by atoms with Gasteiger partial charge in [0.1, 0.15) is 0 Å². The Bertz CT molecular complexity index is 1490. The normalized spacial score (nSPS) is 10.6. The average molecular weight is 495 g/mol. The van der Waals surface area contributed by atoms with E-state index in [0.29, 0.717) is 0 Å². The highest BCUT2D eigenvalue weighted by atomic mass is 15.1. The van der Waals surface area contributed by atoms with E-state index in [1.54, 1.807) is 0 Å². The number of rotatable bonds is 7. The second-order valence-electron chi connectivity index (χ2n) is 9.97. The van der Waals surface area contributed by atoms with E-state index in [2.05, 4.69) is 171 Å². The Balaban J connectivity index is 1.37. The van der Waals surface area contributed by atoms with Gasteiger partial charge in [0.2, 0.25) is 0 Å². The van der Waals surface area contributed by atoms with Crippen LogP contribution in [-0.2, 0) is 0 Å². The molecule has 0 unspecified atom stereocenters. The first kappa shape index (κ1) is 25.1. The lowest BCUT2D eigenvalue weighted by molar-refractivity contribution is 1.21. The van der Waals surface area contributed by atoms with E-state index < -0.39 is 0 Å². The van der Waals surface area contributed by atoms with Gasteiger partial charge in [-0.3, -0.25) is 0 Å². The van der Waals surface area contributed by atoms with Crippen LogP contribution in [0.25, 0.3) is 17.2 Å². The summed E-state index contributed by atoms with van der Waals surface area (Å²) in [5, 5.41) is 0. The van der Waals surface area contributed by atoms with Crippen LogP contribution in [0.15, 0.2) is 133 Å². The molecule has 0 aliphatic carbocycles. The fraction of sp³-hybridized carbons (Fsp3) is 0.111. The Kier molecular flexibility index (Phi) is 7.42. The molecule has 0 bridgehead atoms. The molecule has 0 fully saturated rings. The highest BCUT2D eigenvalue weighted by molar-refractivity contribution is 5.78. The van der Waals surface area contributed by atoms with Crippen molar-refractivity contribution in [1.29, 1.82) is 0 Å². The van der Waals surface area contributed by atoms with Gasteiger partial charge in [0.05, 0.1) is 0 Å². The zero-order valence-corrected chi connectivity index (χ0v) is 22.6. The van der Waals surface area contributed by atoms with Crippen LogP contribution in [0.3, 0.4) is 0 Å². The molecule has 0 N–H and O–H groups in total. The van der Waals surface area contributed by atoms with Gasteiger partial charge in [-0.2, -0.15) is 0 Å². The SMILES string of the molecule is CC(C)=Cc1ccc(N(C)c2ccc(-c3ccc(N(c4ccccc4)c4ccc(C)cc4)cc3)cc2)cc1. The molecule has 38 heavy (non-hydrogen) atoms. The standard InChI is InChI=1S/C36H34N2/c1-27(2)26-29-12-20-32(21-13-29)37(4)33-22-14-30(15-23-33)31-16-24-36(25-17-31)38(34-8-6-5-7-9-34)35-18-10-28(3)11-19-35/h5-26H,1-4H3. The van der Waals surface area contributed by atoms with E-state index in [1.165, 1.54) is 33.5 Å². The number of aryl methyl sites for hydroxylation is 1. The van der Waals surface area contributed by atoms with Gasteiger partial charge in [-0.15, -0.1) is 0 Å². The average Bonchev–Trinajstić information content (AvgIpc) is 2.95. The molecule has 0 amide bonds. The highest BCUT2D eigenvalue weighted by Crippen LogP contribution is 2.36. The molecule has 0 aromatic heterocycles. The molecule has 0 saturated heterocycles. The maximum atomic E-state index is 2.30. The number of benzene rings is 5. The lowest BCUT2D eigenvalue weighted by atomic mass is 10.0. The van der Waals surface area contributed by atoms with Crippen LogP contribution < -0.4 is 9.80 Å². The van der Waals surface area contributed by atoms with Crippen molar-refractivity contribution in [3.05, 3.63) is 144 Å². The summed E-state index contributed by atoms with van der Waals surface area (Å²) in [4.78, 5) is 4.52. The number of anilines is 5. The molecule has 0 saturated carbocycles. The molecule has 5 rings (SSSR count). The zero-order chi connectivity index (χ0) is 26.5. The van der Waals surface area contributed by atoms with Gasteiger partial charge in [0, 0.05) is 35.5 Å². The van der Waals surface area contributed by atoms with E-state index in [0.717, 1.165) is 22.7 Å². The molecule has 5 aromatic rings. The number of hydrogen-bond acceptors (Lipinski definition) is 2. The van der Waals surface area contributed by atoms with Crippen molar-refractivity contribution in [3.8, 4) is 11.1 Å². The Morgan fingerprint density at radius 3 is 1.42 bits per heavy atom. The van der Waals surface area contributed by atoms with Gasteiger partial charge in [0.25, 0.3) is 0 Å². The molecule has 0 spiro atoms. The predicted molar refractivity (Wildman–Crippen MR) is 165 cm³/mol. The molecule has 0 atom stereocenters. The maximum absolute atomic E-state index is 2.30. The number of allylic oxidation sites excluding steroid dienone is 1. The van der Waals surface area contributed by atoms with Gasteiger partial charge in [-0.25, -0.2) is 0 Å². The summed E-state index contributed by atoms with van der Waals surface area (Å²) >= 11 is 0. The van der Waals surface area contributed by atoms with Crippen LogP contribution in [0.5, 0.6) is 0 Å². The van der Waals surface area contributed by atoms with Crippen LogP contribution in [-0.4, -0.2) is 7.05 Å². The molecule has 2 heteroatoms. The molecule has 188 valence electrons. The first-order valence-electron chi connectivity index (χ1n) is 13.1. The van der Waals surface area contributed by atoms with Gasteiger partial charge in [0.15, 0.2) is 0 Å². The fourth-order valence-electron chi connectivity index (χ4n) is 4.68. The monoisotopic (exact) mass is 494 g/mol. The third-order valence-electron chi connectivity index (χ3n) is 6.76. The van der Waals surface area contributed by atoms with Crippen LogP contribution in [0, 0.1) is 6.92 Å². The summed E-state index contributed by atoms with van der Waals surface area (Å²) in [6.45, 7) is 6.37. The van der Waals surface area contributed by atoms with Crippen molar-refractivity contribution in [1.82, 2.24) is 0 Å². The van der Waals surface area contributed by atoms with Gasteiger partial charge in [-0.1, -0.05) is 83.9 Å². The molecule has 0 heterocycles. The maximum Gasteiger partial charge on any atom is 0.0462 e. The summed E-state index contributed by atoms with van der Waals surface area (Å²) in [5.41, 5.74) is 12.0. The Morgan fingerprint density at radius 1 is 0.500 bits per heavy atom. The minimum absolute atomic E-state index is 1.14. The van der Waals surface area contributed by atoms with E-state index in [-0.39, 0.29) is 0 Å². The second kappa shape index (κ2) is 11.2. The number of nitrogens with zero attached hydrogens (tertiary/aromatic N) is 2. The lowest BCUT2D eigenvalue weighted by Crippen LogP contribution is -2.09. The smallest absolute Gasteiger partial charge is 0.0462 e. The van der Waals surface area contributed by atoms with E-state index in [9.17, 15) is 0 Å². The number of para-hydroxylation sites is 1. The van der Waals surface area contributed by atoms with Gasteiger partial charge in [-0.05, 0) is 98.1 Å². The lowest BCUT2D eigenvalue weighted by Gasteiger charge is -2.25. The van der Waals surface area contributed by atoms with Crippen LogP contribution in [0.1, 0.15) is 25.0 Å². The first-order valence-corrected chi connectivity index (χ1v) is 13.1. The van der Waals surface area contributed by atoms with Crippen LogP contribution >= 0.6 is 0 Å². The molecular formula is C36H34N2. The van der Waals surface area contributed by atoms with E-state index >= 15 is 0 Å². The van der Waals surface area contributed by atoms with Crippen molar-refractivity contribution >= 4 is 34.5 Å². The van der Waals surface area contributed by atoms with Crippen molar-refractivity contribution in [2.75, 3.05) is 16.8 Å².